The molecule has 0 spiro atoms. The average Bonchev–Trinajstić information content (AvgIpc) is 3.29. The number of nitrogens with zero attached hydrogens (tertiary/aromatic N) is 2. The summed E-state index contributed by atoms with van der Waals surface area (Å²) in [7, 11) is 0. The number of aromatic carboxylic acids is 1. The maximum absolute atomic E-state index is 13.8. The lowest BCUT2D eigenvalue weighted by molar-refractivity contribution is -0.123. The van der Waals surface area contributed by atoms with E-state index in [0.29, 0.717) is 41.7 Å². The average molecular weight is 444 g/mol. The normalized spacial score (nSPS) is 19.8. The summed E-state index contributed by atoms with van der Waals surface area (Å²) in [5.74, 6) is -1.67. The molecule has 0 radical (unpaired) electrons. The van der Waals surface area contributed by atoms with Gasteiger partial charge in [0.15, 0.2) is 5.69 Å². The van der Waals surface area contributed by atoms with E-state index < -0.39 is 5.97 Å². The van der Waals surface area contributed by atoms with E-state index in [9.17, 15) is 19.5 Å². The number of hydrogen-bond acceptors (Lipinski definition) is 4. The number of hydrogen-bond donors (Lipinski definition) is 2. The Hall–Kier alpha value is -3.74. The number of carboxylic acids is 1. The van der Waals surface area contributed by atoms with Crippen molar-refractivity contribution in [1.82, 2.24) is 10.3 Å². The highest BCUT2D eigenvalue weighted by atomic mass is 16.4. The van der Waals surface area contributed by atoms with Gasteiger partial charge in [0, 0.05) is 29.1 Å². The van der Waals surface area contributed by atoms with Gasteiger partial charge in [0.2, 0.25) is 5.91 Å². The quantitative estimate of drug-likeness (QED) is 0.639. The Morgan fingerprint density at radius 1 is 0.970 bits per heavy atom. The molecule has 1 saturated carbocycles. The van der Waals surface area contributed by atoms with Crippen molar-refractivity contribution in [3.05, 3.63) is 71.4 Å². The van der Waals surface area contributed by atoms with Gasteiger partial charge in [-0.15, -0.1) is 0 Å². The smallest absolute Gasteiger partial charge is 0.354 e. The van der Waals surface area contributed by atoms with Crippen LogP contribution < -0.4 is 10.2 Å². The summed E-state index contributed by atoms with van der Waals surface area (Å²) >= 11 is 0. The van der Waals surface area contributed by atoms with Gasteiger partial charge < -0.3 is 15.3 Å². The Labute approximate surface area is 191 Å². The fraction of sp³-hybridized carbons (Fsp3) is 0.308. The Balaban J connectivity index is 1.48. The number of benzene rings is 2. The molecular formula is C26H25N3O4. The zero-order valence-electron chi connectivity index (χ0n) is 18.2. The van der Waals surface area contributed by atoms with Gasteiger partial charge in [0.05, 0.1) is 17.1 Å². The third-order valence-electron chi connectivity index (χ3n) is 6.72. The number of anilines is 1. The fourth-order valence-corrected chi connectivity index (χ4v) is 5.15. The SMILES string of the molecule is O=C(N[C@@H]1CCCC[C@@H]1C(=O)N1CCc2c(C(=O)O)nc3ccccc3c21)c1ccccc1. The molecular weight excluding hydrogens is 418 g/mol. The highest BCUT2D eigenvalue weighted by molar-refractivity contribution is 6.09. The van der Waals surface area contributed by atoms with Crippen LogP contribution in [0.4, 0.5) is 5.69 Å². The molecule has 0 saturated heterocycles. The molecule has 2 aromatic carbocycles. The lowest BCUT2D eigenvalue weighted by Crippen LogP contribution is -2.49. The first-order chi connectivity index (χ1) is 16.0. The van der Waals surface area contributed by atoms with E-state index in [-0.39, 0.29) is 29.5 Å². The maximum atomic E-state index is 13.8. The lowest BCUT2D eigenvalue weighted by atomic mass is 9.83. The topological polar surface area (TPSA) is 99.6 Å². The minimum Gasteiger partial charge on any atom is -0.477 e. The third-order valence-corrected chi connectivity index (χ3v) is 6.72. The number of para-hydroxylation sites is 1. The second kappa shape index (κ2) is 8.65. The number of nitrogens with one attached hydrogen (secondary N) is 1. The molecule has 2 heterocycles. The van der Waals surface area contributed by atoms with Crippen molar-refractivity contribution >= 4 is 34.4 Å². The summed E-state index contributed by atoms with van der Waals surface area (Å²) in [5, 5.41) is 13.6. The molecule has 2 aliphatic rings. The van der Waals surface area contributed by atoms with Crippen molar-refractivity contribution in [2.75, 3.05) is 11.4 Å². The summed E-state index contributed by atoms with van der Waals surface area (Å²) in [6.07, 6.45) is 3.77. The Kier molecular flexibility index (Phi) is 5.54. The van der Waals surface area contributed by atoms with E-state index in [1.54, 1.807) is 23.1 Å². The molecule has 2 amide bonds. The lowest BCUT2D eigenvalue weighted by Gasteiger charge is -2.34. The van der Waals surface area contributed by atoms with Gasteiger partial charge in [-0.1, -0.05) is 49.2 Å². The Morgan fingerprint density at radius 3 is 2.48 bits per heavy atom. The standard InChI is InChI=1S/C26H25N3O4/c30-24(16-8-2-1-3-9-16)28-21-13-7-5-11-18(21)25(31)29-15-14-19-22(26(32)33)27-20-12-6-4-10-17(20)23(19)29/h1-4,6,8-10,12,18,21H,5,7,11,13-15H2,(H,28,30)(H,32,33)/t18-,21+/m0/s1. The first kappa shape index (κ1) is 21.1. The molecule has 168 valence electrons. The van der Waals surface area contributed by atoms with Crippen molar-refractivity contribution in [3.63, 3.8) is 0 Å². The first-order valence-electron chi connectivity index (χ1n) is 11.4. The molecule has 2 N–H and O–H groups in total. The van der Waals surface area contributed by atoms with Crippen LogP contribution in [0, 0.1) is 5.92 Å². The van der Waals surface area contributed by atoms with Crippen LogP contribution in [0.5, 0.6) is 0 Å². The van der Waals surface area contributed by atoms with Crippen molar-refractivity contribution in [1.29, 1.82) is 0 Å². The minimum absolute atomic E-state index is 0.0107. The van der Waals surface area contributed by atoms with Crippen LogP contribution in [0.15, 0.2) is 54.6 Å². The summed E-state index contributed by atoms with van der Waals surface area (Å²) in [4.78, 5) is 44.6. The molecule has 0 bridgehead atoms. The van der Waals surface area contributed by atoms with Gasteiger partial charge >= 0.3 is 5.97 Å². The monoisotopic (exact) mass is 443 g/mol. The number of rotatable bonds is 4. The number of carbonyl (C=O) groups excluding carboxylic acids is 2. The van der Waals surface area contributed by atoms with Crippen LogP contribution in [0.25, 0.3) is 10.9 Å². The van der Waals surface area contributed by atoms with E-state index in [1.807, 2.05) is 36.4 Å². The van der Waals surface area contributed by atoms with E-state index >= 15 is 0 Å². The molecule has 0 unspecified atom stereocenters. The molecule has 7 nitrogen and oxygen atoms in total. The largest absolute Gasteiger partial charge is 0.477 e. The highest BCUT2D eigenvalue weighted by Gasteiger charge is 2.39. The number of carboxylic acid groups (broad SMARTS) is 1. The zero-order valence-corrected chi connectivity index (χ0v) is 18.2. The molecule has 5 rings (SSSR count). The van der Waals surface area contributed by atoms with Crippen LogP contribution in [-0.2, 0) is 11.2 Å². The number of fused-ring (bicyclic) bond motifs is 3. The van der Waals surface area contributed by atoms with Crippen LogP contribution in [0.3, 0.4) is 0 Å². The van der Waals surface area contributed by atoms with E-state index in [2.05, 4.69) is 10.3 Å². The van der Waals surface area contributed by atoms with Crippen molar-refractivity contribution in [2.24, 2.45) is 5.92 Å². The molecule has 33 heavy (non-hydrogen) atoms. The van der Waals surface area contributed by atoms with Gasteiger partial charge in [0.1, 0.15) is 0 Å². The summed E-state index contributed by atoms with van der Waals surface area (Å²) in [6.45, 7) is 0.417. The number of carbonyl (C=O) groups is 3. The molecule has 7 heteroatoms. The van der Waals surface area contributed by atoms with E-state index in [1.165, 1.54) is 0 Å². The van der Waals surface area contributed by atoms with Gasteiger partial charge in [-0.2, -0.15) is 0 Å². The molecule has 1 aliphatic carbocycles. The summed E-state index contributed by atoms with van der Waals surface area (Å²) in [5.41, 5.74) is 2.41. The van der Waals surface area contributed by atoms with Crippen molar-refractivity contribution < 1.29 is 19.5 Å². The third kappa shape index (κ3) is 3.84. The molecule has 2 atom stereocenters. The Morgan fingerprint density at radius 2 is 1.70 bits per heavy atom. The van der Waals surface area contributed by atoms with Crippen LogP contribution in [0.2, 0.25) is 0 Å². The Bertz CT molecular complexity index is 1240. The van der Waals surface area contributed by atoms with E-state index in [0.717, 1.165) is 24.6 Å². The predicted octanol–water partition coefficient (Wildman–Crippen LogP) is 3.81. The van der Waals surface area contributed by atoms with Crippen molar-refractivity contribution in [3.8, 4) is 0 Å². The van der Waals surface area contributed by atoms with Gasteiger partial charge in [-0.3, -0.25) is 9.59 Å². The maximum Gasteiger partial charge on any atom is 0.354 e. The second-order valence-corrected chi connectivity index (χ2v) is 8.69. The highest BCUT2D eigenvalue weighted by Crippen LogP contribution is 2.39. The second-order valence-electron chi connectivity index (χ2n) is 8.69. The number of amides is 2. The molecule has 1 fully saturated rings. The van der Waals surface area contributed by atoms with E-state index in [4.69, 9.17) is 0 Å². The van der Waals surface area contributed by atoms with Crippen LogP contribution in [0.1, 0.15) is 52.1 Å². The number of aromatic nitrogens is 1. The van der Waals surface area contributed by atoms with Crippen LogP contribution >= 0.6 is 0 Å². The summed E-state index contributed by atoms with van der Waals surface area (Å²) in [6, 6.07) is 16.1. The first-order valence-corrected chi connectivity index (χ1v) is 11.4. The zero-order chi connectivity index (χ0) is 22.9. The van der Waals surface area contributed by atoms with Crippen LogP contribution in [-0.4, -0.2) is 40.5 Å². The number of pyridine rings is 1. The predicted molar refractivity (Wildman–Crippen MR) is 124 cm³/mol. The van der Waals surface area contributed by atoms with Crippen molar-refractivity contribution in [2.45, 2.75) is 38.1 Å². The minimum atomic E-state index is -1.09. The molecule has 1 aromatic heterocycles. The van der Waals surface area contributed by atoms with Gasteiger partial charge in [-0.05, 0) is 37.5 Å². The molecule has 1 aliphatic heterocycles. The van der Waals surface area contributed by atoms with Gasteiger partial charge in [-0.25, -0.2) is 9.78 Å². The fourth-order valence-electron chi connectivity index (χ4n) is 5.15. The summed E-state index contributed by atoms with van der Waals surface area (Å²) < 4.78 is 0. The van der Waals surface area contributed by atoms with Gasteiger partial charge in [0.25, 0.3) is 5.91 Å². The molecule has 3 aromatic rings.